The highest BCUT2D eigenvalue weighted by Crippen LogP contribution is 2.49. The monoisotopic (exact) mass is 399 g/mol. The fourth-order valence-electron chi connectivity index (χ4n) is 5.53. The van der Waals surface area contributed by atoms with E-state index in [1.807, 2.05) is 6.07 Å². The predicted octanol–water partition coefficient (Wildman–Crippen LogP) is 7.84. The lowest BCUT2D eigenvalue weighted by Gasteiger charge is -2.22. The first kappa shape index (κ1) is 17.0. The molecule has 2 nitrogen and oxygen atoms in total. The minimum Gasteiger partial charge on any atom is -0.464 e. The second-order valence-corrected chi connectivity index (χ2v) is 9.08. The molecule has 0 fully saturated rings. The van der Waals surface area contributed by atoms with Crippen molar-refractivity contribution >= 4 is 32.8 Å². The van der Waals surface area contributed by atoms with Crippen LogP contribution in [-0.4, -0.2) is 4.57 Å². The average molecular weight is 399 g/mol. The fourth-order valence-corrected chi connectivity index (χ4v) is 5.53. The van der Waals surface area contributed by atoms with Crippen molar-refractivity contribution in [2.24, 2.45) is 0 Å². The van der Waals surface area contributed by atoms with E-state index >= 15 is 0 Å². The van der Waals surface area contributed by atoms with Crippen molar-refractivity contribution in [2.45, 2.75) is 19.3 Å². The number of benzene rings is 4. The van der Waals surface area contributed by atoms with Crippen LogP contribution in [-0.2, 0) is 5.41 Å². The van der Waals surface area contributed by atoms with Gasteiger partial charge in [0.2, 0.25) is 0 Å². The summed E-state index contributed by atoms with van der Waals surface area (Å²) in [5.41, 5.74) is 10.1. The van der Waals surface area contributed by atoms with Crippen molar-refractivity contribution in [1.29, 1.82) is 0 Å². The van der Waals surface area contributed by atoms with Gasteiger partial charge in [0, 0.05) is 27.3 Å². The molecular formula is C29H21NO. The smallest absolute Gasteiger partial charge is 0.134 e. The minimum atomic E-state index is -0.0154. The van der Waals surface area contributed by atoms with Gasteiger partial charge >= 0.3 is 0 Å². The summed E-state index contributed by atoms with van der Waals surface area (Å²) in [7, 11) is 0. The Morgan fingerprint density at radius 1 is 0.677 bits per heavy atom. The summed E-state index contributed by atoms with van der Waals surface area (Å²) in [6, 6.07) is 30.9. The van der Waals surface area contributed by atoms with Gasteiger partial charge in [-0.05, 0) is 58.7 Å². The molecule has 2 aromatic heterocycles. The first-order chi connectivity index (χ1) is 15.1. The Kier molecular flexibility index (Phi) is 3.10. The fraction of sp³-hybridized carbons (Fsp3) is 0.103. The van der Waals surface area contributed by atoms with Crippen LogP contribution in [0.1, 0.15) is 25.0 Å². The lowest BCUT2D eigenvalue weighted by Crippen LogP contribution is -2.15. The molecule has 148 valence electrons. The van der Waals surface area contributed by atoms with Crippen molar-refractivity contribution in [2.75, 3.05) is 0 Å². The van der Waals surface area contributed by atoms with Gasteiger partial charge in [-0.3, -0.25) is 0 Å². The number of hydrogen-bond acceptors (Lipinski definition) is 1. The standard InChI is InChI=1S/C29H21NO/c1-29(2)24-9-5-3-7-20(24)21-12-11-19(16-25(21)29)30-26-10-6-4-8-22(26)23-17-28-18(13-14-31-28)15-27(23)30/h3-17H,1-2H3. The van der Waals surface area contributed by atoms with E-state index in [0.717, 1.165) is 11.0 Å². The van der Waals surface area contributed by atoms with Crippen LogP contribution < -0.4 is 0 Å². The minimum absolute atomic E-state index is 0.0154. The maximum absolute atomic E-state index is 5.70. The number of furan rings is 1. The van der Waals surface area contributed by atoms with Crippen LogP contribution in [0.2, 0.25) is 0 Å². The zero-order chi connectivity index (χ0) is 20.7. The molecule has 0 unspecified atom stereocenters. The van der Waals surface area contributed by atoms with Gasteiger partial charge in [-0.15, -0.1) is 0 Å². The van der Waals surface area contributed by atoms with Crippen molar-refractivity contribution < 1.29 is 4.42 Å². The summed E-state index contributed by atoms with van der Waals surface area (Å²) in [5, 5.41) is 3.60. The first-order valence-electron chi connectivity index (χ1n) is 10.8. The summed E-state index contributed by atoms with van der Waals surface area (Å²) in [5.74, 6) is 0. The van der Waals surface area contributed by atoms with Crippen molar-refractivity contribution in [3.63, 3.8) is 0 Å². The molecule has 0 amide bonds. The third kappa shape index (κ3) is 2.12. The normalized spacial score (nSPS) is 14.4. The molecule has 0 atom stereocenters. The van der Waals surface area contributed by atoms with Crippen LogP contribution in [0.5, 0.6) is 0 Å². The van der Waals surface area contributed by atoms with Crippen LogP contribution >= 0.6 is 0 Å². The van der Waals surface area contributed by atoms with E-state index < -0.39 is 0 Å². The highest BCUT2D eigenvalue weighted by molar-refractivity contribution is 6.13. The van der Waals surface area contributed by atoms with Gasteiger partial charge in [0.1, 0.15) is 5.58 Å². The topological polar surface area (TPSA) is 18.1 Å². The summed E-state index contributed by atoms with van der Waals surface area (Å²) in [4.78, 5) is 0. The molecule has 0 aliphatic heterocycles. The Morgan fingerprint density at radius 3 is 2.42 bits per heavy atom. The Balaban J connectivity index is 1.57. The van der Waals surface area contributed by atoms with Crippen LogP contribution in [0.3, 0.4) is 0 Å². The second-order valence-electron chi connectivity index (χ2n) is 9.08. The molecule has 0 saturated carbocycles. The zero-order valence-corrected chi connectivity index (χ0v) is 17.5. The Morgan fingerprint density at radius 2 is 1.48 bits per heavy atom. The maximum atomic E-state index is 5.70. The van der Waals surface area contributed by atoms with Gasteiger partial charge in [0.25, 0.3) is 0 Å². The van der Waals surface area contributed by atoms with E-state index in [0.29, 0.717) is 0 Å². The van der Waals surface area contributed by atoms with E-state index in [1.54, 1.807) is 6.26 Å². The van der Waals surface area contributed by atoms with Gasteiger partial charge in [-0.1, -0.05) is 62.4 Å². The Bertz CT molecular complexity index is 1660. The molecule has 0 N–H and O–H groups in total. The number of rotatable bonds is 1. The molecule has 2 heterocycles. The maximum Gasteiger partial charge on any atom is 0.134 e. The first-order valence-corrected chi connectivity index (χ1v) is 10.8. The van der Waals surface area contributed by atoms with Crippen molar-refractivity contribution in [3.8, 4) is 16.8 Å². The summed E-state index contributed by atoms with van der Waals surface area (Å²) >= 11 is 0. The van der Waals surface area contributed by atoms with Gasteiger partial charge in [-0.25, -0.2) is 0 Å². The quantitative estimate of drug-likeness (QED) is 0.275. The molecule has 1 aliphatic rings. The van der Waals surface area contributed by atoms with Crippen LogP contribution in [0.15, 0.2) is 95.6 Å². The lowest BCUT2D eigenvalue weighted by molar-refractivity contribution is 0.616. The van der Waals surface area contributed by atoms with E-state index in [4.69, 9.17) is 4.42 Å². The van der Waals surface area contributed by atoms with Gasteiger partial charge in [0.15, 0.2) is 0 Å². The molecule has 1 aliphatic carbocycles. The number of aromatic nitrogens is 1. The van der Waals surface area contributed by atoms with Crippen LogP contribution in [0.25, 0.3) is 49.6 Å². The number of hydrogen-bond donors (Lipinski definition) is 0. The Labute approximate surface area is 180 Å². The number of para-hydroxylation sites is 1. The third-order valence-electron chi connectivity index (χ3n) is 7.07. The Hall–Kier alpha value is -3.78. The molecule has 7 rings (SSSR count). The van der Waals surface area contributed by atoms with Gasteiger partial charge in [0.05, 0.1) is 17.3 Å². The summed E-state index contributed by atoms with van der Waals surface area (Å²) < 4.78 is 8.10. The van der Waals surface area contributed by atoms with E-state index in [1.165, 1.54) is 49.7 Å². The van der Waals surface area contributed by atoms with Crippen LogP contribution in [0.4, 0.5) is 0 Å². The molecule has 0 saturated heterocycles. The lowest BCUT2D eigenvalue weighted by atomic mass is 9.82. The second kappa shape index (κ2) is 5.67. The van der Waals surface area contributed by atoms with E-state index in [-0.39, 0.29) is 5.41 Å². The number of fused-ring (bicyclic) bond motifs is 7. The van der Waals surface area contributed by atoms with E-state index in [2.05, 4.69) is 97.3 Å². The predicted molar refractivity (Wildman–Crippen MR) is 128 cm³/mol. The van der Waals surface area contributed by atoms with Crippen molar-refractivity contribution in [1.82, 2.24) is 4.57 Å². The number of nitrogens with zero attached hydrogens (tertiary/aromatic N) is 1. The van der Waals surface area contributed by atoms with E-state index in [9.17, 15) is 0 Å². The molecule has 4 aromatic carbocycles. The average Bonchev–Trinajstić information content (AvgIpc) is 3.44. The summed E-state index contributed by atoms with van der Waals surface area (Å²) in [6.45, 7) is 4.67. The van der Waals surface area contributed by atoms with Gasteiger partial charge < -0.3 is 8.98 Å². The molecule has 2 heteroatoms. The highest BCUT2D eigenvalue weighted by atomic mass is 16.3. The zero-order valence-electron chi connectivity index (χ0n) is 17.5. The summed E-state index contributed by atoms with van der Waals surface area (Å²) in [6.07, 6.45) is 1.77. The molecule has 31 heavy (non-hydrogen) atoms. The molecule has 6 aromatic rings. The SMILES string of the molecule is CC1(C)c2ccccc2-c2ccc(-n3c4ccccc4c4cc5occc5cc43)cc21. The highest BCUT2D eigenvalue weighted by Gasteiger charge is 2.35. The van der Waals surface area contributed by atoms with Gasteiger partial charge in [-0.2, -0.15) is 0 Å². The van der Waals surface area contributed by atoms with Crippen LogP contribution in [0, 0.1) is 0 Å². The van der Waals surface area contributed by atoms with Crippen molar-refractivity contribution in [3.05, 3.63) is 102 Å². The molecule has 0 radical (unpaired) electrons. The largest absolute Gasteiger partial charge is 0.464 e. The molecule has 0 spiro atoms. The third-order valence-corrected chi connectivity index (χ3v) is 7.07. The molecular weight excluding hydrogens is 378 g/mol. The molecule has 0 bridgehead atoms.